The molecule has 1 saturated heterocycles. The molecule has 1 heterocycles. The van der Waals surface area contributed by atoms with Gasteiger partial charge in [-0.15, -0.1) is 0 Å². The zero-order chi connectivity index (χ0) is 13.2. The molecule has 0 amide bonds. The predicted octanol–water partition coefficient (Wildman–Crippen LogP) is 2.93. The van der Waals surface area contributed by atoms with E-state index in [9.17, 15) is 0 Å². The monoisotopic (exact) mass is 246 g/mol. The van der Waals surface area contributed by atoms with Gasteiger partial charge in [-0.25, -0.2) is 0 Å². The lowest BCUT2D eigenvalue weighted by Crippen LogP contribution is -2.46. The Hall–Kier alpha value is -0.860. The number of rotatable bonds is 3. The summed E-state index contributed by atoms with van der Waals surface area (Å²) >= 11 is 0. The van der Waals surface area contributed by atoms with Crippen LogP contribution in [-0.2, 0) is 0 Å². The van der Waals surface area contributed by atoms with E-state index in [4.69, 9.17) is 5.73 Å². The van der Waals surface area contributed by atoms with Crippen molar-refractivity contribution in [2.75, 3.05) is 13.1 Å². The van der Waals surface area contributed by atoms with Crippen LogP contribution < -0.4 is 11.1 Å². The normalized spacial score (nSPS) is 27.9. The van der Waals surface area contributed by atoms with Gasteiger partial charge in [0.15, 0.2) is 0 Å². The van der Waals surface area contributed by atoms with Crippen molar-refractivity contribution in [3.05, 3.63) is 35.5 Å². The Morgan fingerprint density at radius 3 is 2.72 bits per heavy atom. The van der Waals surface area contributed by atoms with E-state index in [0.29, 0.717) is 5.41 Å². The van der Waals surface area contributed by atoms with Crippen LogP contribution in [0.1, 0.15) is 39.5 Å². The summed E-state index contributed by atoms with van der Waals surface area (Å²) in [7, 11) is 0. The van der Waals surface area contributed by atoms with Crippen molar-refractivity contribution in [3.63, 3.8) is 0 Å². The Morgan fingerprint density at radius 1 is 1.50 bits per heavy atom. The third kappa shape index (κ3) is 2.32. The van der Waals surface area contributed by atoms with Gasteiger partial charge in [0.1, 0.15) is 0 Å². The number of allylic oxidation sites excluding steroid dienone is 3. The zero-order valence-electron chi connectivity index (χ0n) is 11.8. The fourth-order valence-corrected chi connectivity index (χ4v) is 3.47. The van der Waals surface area contributed by atoms with Gasteiger partial charge in [-0.2, -0.15) is 0 Å². The van der Waals surface area contributed by atoms with E-state index in [1.54, 1.807) is 0 Å². The summed E-state index contributed by atoms with van der Waals surface area (Å²) in [5.41, 5.74) is 11.0. The van der Waals surface area contributed by atoms with Crippen molar-refractivity contribution in [1.29, 1.82) is 0 Å². The highest BCUT2D eigenvalue weighted by atomic mass is 14.9. The molecule has 0 aromatic heterocycles. The highest BCUT2D eigenvalue weighted by Crippen LogP contribution is 2.47. The Labute approximate surface area is 111 Å². The third-order valence-corrected chi connectivity index (χ3v) is 4.72. The van der Waals surface area contributed by atoms with Gasteiger partial charge in [-0.05, 0) is 62.3 Å². The van der Waals surface area contributed by atoms with E-state index in [-0.39, 0.29) is 6.04 Å². The maximum absolute atomic E-state index is 6.57. The van der Waals surface area contributed by atoms with Crippen molar-refractivity contribution < 1.29 is 0 Å². The van der Waals surface area contributed by atoms with Gasteiger partial charge in [0.05, 0.1) is 0 Å². The maximum atomic E-state index is 6.57. The molecule has 2 heteroatoms. The third-order valence-electron chi connectivity index (χ3n) is 4.72. The molecule has 1 unspecified atom stereocenters. The highest BCUT2D eigenvalue weighted by Gasteiger charge is 2.44. The number of hydrogen-bond donors (Lipinski definition) is 2. The second kappa shape index (κ2) is 5.41. The number of nitrogens with one attached hydrogen (secondary N) is 1. The second-order valence-electron chi connectivity index (χ2n) is 5.78. The summed E-state index contributed by atoms with van der Waals surface area (Å²) in [4.78, 5) is 0. The van der Waals surface area contributed by atoms with Crippen LogP contribution in [0.25, 0.3) is 0 Å². The second-order valence-corrected chi connectivity index (χ2v) is 5.78. The van der Waals surface area contributed by atoms with E-state index >= 15 is 0 Å². The highest BCUT2D eigenvalue weighted by molar-refractivity contribution is 5.42. The topological polar surface area (TPSA) is 38.0 Å². The van der Waals surface area contributed by atoms with Crippen LogP contribution in [0.4, 0.5) is 0 Å². The first-order chi connectivity index (χ1) is 8.63. The standard InChI is InChI=1S/C16H26N2/c1-4-13(5-2)10-14-12(3)11-16(15(14)17)6-8-18-9-7-16/h4,10,15,18H,1,5-9,11,17H2,2-3H3/b13-10+. The minimum absolute atomic E-state index is 0.209. The number of hydrogen-bond acceptors (Lipinski definition) is 2. The van der Waals surface area contributed by atoms with Gasteiger partial charge < -0.3 is 11.1 Å². The molecule has 0 bridgehead atoms. The molecule has 1 aliphatic carbocycles. The summed E-state index contributed by atoms with van der Waals surface area (Å²) in [5.74, 6) is 0. The van der Waals surface area contributed by atoms with Crippen molar-refractivity contribution in [3.8, 4) is 0 Å². The first-order valence-electron chi connectivity index (χ1n) is 7.12. The molecule has 1 atom stereocenters. The molecule has 0 aromatic carbocycles. The van der Waals surface area contributed by atoms with Crippen LogP contribution in [0.15, 0.2) is 35.5 Å². The average molecular weight is 246 g/mol. The summed E-state index contributed by atoms with van der Waals surface area (Å²) < 4.78 is 0. The molecule has 2 nitrogen and oxygen atoms in total. The summed E-state index contributed by atoms with van der Waals surface area (Å²) in [5, 5.41) is 3.44. The van der Waals surface area contributed by atoms with Gasteiger partial charge in [-0.3, -0.25) is 0 Å². The van der Waals surface area contributed by atoms with Crippen LogP contribution >= 0.6 is 0 Å². The van der Waals surface area contributed by atoms with Crippen molar-refractivity contribution in [2.45, 2.75) is 45.6 Å². The zero-order valence-corrected chi connectivity index (χ0v) is 11.8. The SMILES string of the molecule is C=C/C(=C\C1=C(C)CC2(CCNCC2)C1N)CC. The fraction of sp³-hybridized carbons (Fsp3) is 0.625. The molecule has 3 N–H and O–H groups in total. The molecule has 2 rings (SSSR count). The summed E-state index contributed by atoms with van der Waals surface area (Å²) in [6.45, 7) is 10.5. The Balaban J connectivity index is 2.24. The Morgan fingerprint density at radius 2 is 2.17 bits per heavy atom. The summed E-state index contributed by atoms with van der Waals surface area (Å²) in [6, 6.07) is 0.209. The van der Waals surface area contributed by atoms with Crippen LogP contribution in [0.5, 0.6) is 0 Å². The first-order valence-corrected chi connectivity index (χ1v) is 7.12. The first kappa shape index (κ1) is 13.6. The molecule has 2 aliphatic rings. The molecular formula is C16H26N2. The Bertz CT molecular complexity index is 384. The van der Waals surface area contributed by atoms with E-state index in [1.807, 2.05) is 6.08 Å². The molecule has 100 valence electrons. The maximum Gasteiger partial charge on any atom is 0.0355 e. The molecular weight excluding hydrogens is 220 g/mol. The lowest BCUT2D eigenvalue weighted by Gasteiger charge is -2.38. The van der Waals surface area contributed by atoms with Gasteiger partial charge in [0.2, 0.25) is 0 Å². The van der Waals surface area contributed by atoms with Gasteiger partial charge in [0, 0.05) is 6.04 Å². The molecule has 18 heavy (non-hydrogen) atoms. The lowest BCUT2D eigenvalue weighted by atomic mass is 9.72. The molecule has 0 radical (unpaired) electrons. The smallest absolute Gasteiger partial charge is 0.0355 e. The van der Waals surface area contributed by atoms with Gasteiger partial charge >= 0.3 is 0 Å². The van der Waals surface area contributed by atoms with Crippen molar-refractivity contribution in [1.82, 2.24) is 5.32 Å². The van der Waals surface area contributed by atoms with Crippen LogP contribution in [0.2, 0.25) is 0 Å². The molecule has 0 aromatic rings. The van der Waals surface area contributed by atoms with Crippen LogP contribution in [-0.4, -0.2) is 19.1 Å². The summed E-state index contributed by atoms with van der Waals surface area (Å²) in [6.07, 6.45) is 8.86. The number of piperidine rings is 1. The average Bonchev–Trinajstić information content (AvgIpc) is 2.60. The van der Waals surface area contributed by atoms with E-state index < -0.39 is 0 Å². The van der Waals surface area contributed by atoms with E-state index in [2.05, 4.69) is 31.8 Å². The fourth-order valence-electron chi connectivity index (χ4n) is 3.47. The largest absolute Gasteiger partial charge is 0.323 e. The Kier molecular flexibility index (Phi) is 4.08. The molecule has 1 fully saturated rings. The minimum atomic E-state index is 0.209. The van der Waals surface area contributed by atoms with Crippen molar-refractivity contribution in [2.24, 2.45) is 11.1 Å². The molecule has 1 spiro atoms. The van der Waals surface area contributed by atoms with Gasteiger partial charge in [-0.1, -0.05) is 31.2 Å². The predicted molar refractivity (Wildman–Crippen MR) is 78.4 cm³/mol. The molecule has 1 aliphatic heterocycles. The van der Waals surface area contributed by atoms with E-state index in [0.717, 1.165) is 19.5 Å². The van der Waals surface area contributed by atoms with E-state index in [1.165, 1.54) is 36.0 Å². The van der Waals surface area contributed by atoms with Gasteiger partial charge in [0.25, 0.3) is 0 Å². The molecule has 0 saturated carbocycles. The van der Waals surface area contributed by atoms with Crippen LogP contribution in [0.3, 0.4) is 0 Å². The minimum Gasteiger partial charge on any atom is -0.323 e. The quantitative estimate of drug-likeness (QED) is 0.751. The van der Waals surface area contributed by atoms with Crippen LogP contribution in [0, 0.1) is 5.41 Å². The lowest BCUT2D eigenvalue weighted by molar-refractivity contribution is 0.189. The number of nitrogens with two attached hydrogens (primary N) is 1. The van der Waals surface area contributed by atoms with Crippen molar-refractivity contribution >= 4 is 0 Å².